The van der Waals surface area contributed by atoms with Crippen LogP contribution in [0.25, 0.3) is 0 Å². The minimum atomic E-state index is -0.256. The first-order valence-electron chi connectivity index (χ1n) is 10.1. The third-order valence-corrected chi connectivity index (χ3v) is 5.46. The Bertz CT molecular complexity index is 1030. The number of amides is 1. The fraction of sp³-hybridized carbons (Fsp3) is 0.364. The second kappa shape index (κ2) is 8.61. The van der Waals surface area contributed by atoms with Crippen LogP contribution in [-0.4, -0.2) is 38.7 Å². The lowest BCUT2D eigenvalue weighted by Crippen LogP contribution is -2.44. The van der Waals surface area contributed by atoms with E-state index < -0.39 is 0 Å². The van der Waals surface area contributed by atoms with Gasteiger partial charge < -0.3 is 10.2 Å². The number of hydrogen-bond acceptors (Lipinski definition) is 5. The number of likely N-dealkylation sites (N-methyl/N-ethyl adjacent to an activating group) is 1. The number of halogens is 1. The van der Waals surface area contributed by atoms with Gasteiger partial charge in [0.1, 0.15) is 23.4 Å². The normalized spacial score (nSPS) is 15.8. The minimum absolute atomic E-state index is 0.0480. The van der Waals surface area contributed by atoms with E-state index in [4.69, 9.17) is 0 Å². The van der Waals surface area contributed by atoms with Crippen molar-refractivity contribution >= 4 is 17.4 Å². The fourth-order valence-electron chi connectivity index (χ4n) is 3.49. The van der Waals surface area contributed by atoms with E-state index in [-0.39, 0.29) is 17.8 Å². The molecule has 4 rings (SSSR count). The average molecular weight is 408 g/mol. The Morgan fingerprint density at radius 2 is 1.90 bits per heavy atom. The second-order valence-corrected chi connectivity index (χ2v) is 7.64. The van der Waals surface area contributed by atoms with Crippen molar-refractivity contribution in [2.75, 3.05) is 17.3 Å². The number of aromatic nitrogens is 4. The predicted molar refractivity (Wildman–Crippen MR) is 113 cm³/mol. The van der Waals surface area contributed by atoms with Crippen LogP contribution in [0, 0.1) is 5.82 Å². The predicted octanol–water partition coefficient (Wildman–Crippen LogP) is 3.01. The summed E-state index contributed by atoms with van der Waals surface area (Å²) >= 11 is 0. The average Bonchev–Trinajstić information content (AvgIpc) is 3.20. The molecule has 156 valence electrons. The molecule has 2 aromatic heterocycles. The Hall–Kier alpha value is -3.29. The number of nitrogens with zero attached hydrogens (tertiary/aromatic N) is 5. The molecule has 0 radical (unpaired) electrons. The number of rotatable bonds is 7. The molecular formula is C22H25FN6O. The Morgan fingerprint density at radius 1 is 1.10 bits per heavy atom. The van der Waals surface area contributed by atoms with Crippen molar-refractivity contribution in [2.45, 2.75) is 45.2 Å². The third-order valence-electron chi connectivity index (χ3n) is 5.46. The standard InChI is InChI=1S/C22H25FN6O/c1-15-22(30)26-19-13-24-20(27-21(19)28(15)2)10-7-17-12-25-29(14-17)11-3-4-16-5-8-18(23)9-6-16/h5-6,8-9,12-15H,3-4,7,10-11H2,1-2H3,(H,26,30)/t15-/m0/s1. The molecule has 1 amide bonds. The summed E-state index contributed by atoms with van der Waals surface area (Å²) in [5, 5.41) is 7.28. The lowest BCUT2D eigenvalue weighted by atomic mass is 10.1. The molecule has 0 spiro atoms. The van der Waals surface area contributed by atoms with Crippen LogP contribution in [0.1, 0.15) is 30.3 Å². The molecule has 0 fully saturated rings. The maximum absolute atomic E-state index is 13.0. The number of benzene rings is 1. The van der Waals surface area contributed by atoms with Gasteiger partial charge in [-0.15, -0.1) is 0 Å². The first-order chi connectivity index (χ1) is 14.5. The van der Waals surface area contributed by atoms with Crippen LogP contribution >= 0.6 is 0 Å². The molecule has 7 nitrogen and oxygen atoms in total. The SMILES string of the molecule is C[C@H]1C(=O)Nc2cnc(CCc3cnn(CCCc4ccc(F)cc4)c3)nc2N1C. The quantitative estimate of drug-likeness (QED) is 0.650. The van der Waals surface area contributed by atoms with Crippen LogP contribution in [0.15, 0.2) is 42.9 Å². The number of fused-ring (bicyclic) bond motifs is 1. The second-order valence-electron chi connectivity index (χ2n) is 7.64. The van der Waals surface area contributed by atoms with E-state index >= 15 is 0 Å². The molecule has 1 aliphatic heterocycles. The van der Waals surface area contributed by atoms with Crippen molar-refractivity contribution in [1.29, 1.82) is 0 Å². The van der Waals surface area contributed by atoms with E-state index in [1.54, 1.807) is 6.20 Å². The van der Waals surface area contributed by atoms with Gasteiger partial charge in [0.25, 0.3) is 0 Å². The molecule has 0 bridgehead atoms. The first-order valence-corrected chi connectivity index (χ1v) is 10.1. The Balaban J connectivity index is 1.30. The summed E-state index contributed by atoms with van der Waals surface area (Å²) < 4.78 is 14.9. The number of hydrogen-bond donors (Lipinski definition) is 1. The maximum Gasteiger partial charge on any atom is 0.246 e. The van der Waals surface area contributed by atoms with Gasteiger partial charge in [-0.3, -0.25) is 9.48 Å². The molecule has 8 heteroatoms. The van der Waals surface area contributed by atoms with Crippen LogP contribution in [0.5, 0.6) is 0 Å². The smallest absolute Gasteiger partial charge is 0.246 e. The molecule has 0 saturated heterocycles. The molecule has 1 atom stereocenters. The van der Waals surface area contributed by atoms with E-state index in [0.29, 0.717) is 12.1 Å². The van der Waals surface area contributed by atoms with Crippen LogP contribution < -0.4 is 10.2 Å². The number of carbonyl (C=O) groups is 1. The summed E-state index contributed by atoms with van der Waals surface area (Å²) in [5.41, 5.74) is 2.91. The maximum atomic E-state index is 13.0. The summed E-state index contributed by atoms with van der Waals surface area (Å²) in [4.78, 5) is 22.8. The Kier molecular flexibility index (Phi) is 5.74. The van der Waals surface area contributed by atoms with Crippen molar-refractivity contribution in [1.82, 2.24) is 19.7 Å². The largest absolute Gasteiger partial charge is 0.346 e. The molecule has 0 unspecified atom stereocenters. The molecule has 0 aliphatic carbocycles. The molecule has 1 N–H and O–H groups in total. The summed E-state index contributed by atoms with van der Waals surface area (Å²) in [5.74, 6) is 1.24. The van der Waals surface area contributed by atoms with E-state index in [1.165, 1.54) is 12.1 Å². The highest BCUT2D eigenvalue weighted by atomic mass is 19.1. The lowest BCUT2D eigenvalue weighted by Gasteiger charge is -2.31. The van der Waals surface area contributed by atoms with Crippen LogP contribution in [0.2, 0.25) is 0 Å². The van der Waals surface area contributed by atoms with E-state index in [2.05, 4.69) is 26.6 Å². The van der Waals surface area contributed by atoms with E-state index in [1.807, 2.05) is 41.9 Å². The zero-order valence-corrected chi connectivity index (χ0v) is 17.2. The molecule has 30 heavy (non-hydrogen) atoms. The molecule has 0 saturated carbocycles. The monoisotopic (exact) mass is 408 g/mol. The van der Waals surface area contributed by atoms with Gasteiger partial charge in [-0.25, -0.2) is 14.4 Å². The topological polar surface area (TPSA) is 75.9 Å². The van der Waals surface area contributed by atoms with Gasteiger partial charge in [-0.2, -0.15) is 5.10 Å². The zero-order chi connectivity index (χ0) is 21.1. The van der Waals surface area contributed by atoms with Gasteiger partial charge in [0.15, 0.2) is 5.82 Å². The van der Waals surface area contributed by atoms with Crippen molar-refractivity contribution in [3.05, 3.63) is 65.6 Å². The van der Waals surface area contributed by atoms with E-state index in [9.17, 15) is 9.18 Å². The summed E-state index contributed by atoms with van der Waals surface area (Å²) in [6.45, 7) is 2.67. The molecular weight excluding hydrogens is 383 g/mol. The van der Waals surface area contributed by atoms with Crippen LogP contribution in [-0.2, 0) is 30.6 Å². The summed E-state index contributed by atoms with van der Waals surface area (Å²) in [6, 6.07) is 6.39. The van der Waals surface area contributed by atoms with Crippen molar-refractivity contribution in [2.24, 2.45) is 0 Å². The van der Waals surface area contributed by atoms with Crippen molar-refractivity contribution in [3.63, 3.8) is 0 Å². The highest BCUT2D eigenvalue weighted by Crippen LogP contribution is 2.28. The zero-order valence-electron chi connectivity index (χ0n) is 17.2. The third kappa shape index (κ3) is 4.48. The first kappa shape index (κ1) is 20.0. The summed E-state index contributed by atoms with van der Waals surface area (Å²) in [6.07, 6.45) is 8.93. The molecule has 3 aromatic rings. The number of aryl methyl sites for hydroxylation is 4. The molecule has 1 aliphatic rings. The van der Waals surface area contributed by atoms with Gasteiger partial charge in [0, 0.05) is 26.2 Å². The molecule has 1 aromatic carbocycles. The van der Waals surface area contributed by atoms with Gasteiger partial charge >= 0.3 is 0 Å². The van der Waals surface area contributed by atoms with Gasteiger partial charge in [-0.1, -0.05) is 12.1 Å². The van der Waals surface area contributed by atoms with Crippen LogP contribution in [0.4, 0.5) is 15.9 Å². The van der Waals surface area contributed by atoms with E-state index in [0.717, 1.165) is 48.6 Å². The number of carbonyl (C=O) groups excluding carboxylic acids is 1. The molecule has 3 heterocycles. The fourth-order valence-corrected chi connectivity index (χ4v) is 3.49. The van der Waals surface area contributed by atoms with Gasteiger partial charge in [0.2, 0.25) is 5.91 Å². The van der Waals surface area contributed by atoms with Crippen molar-refractivity contribution < 1.29 is 9.18 Å². The number of nitrogens with one attached hydrogen (secondary N) is 1. The highest BCUT2D eigenvalue weighted by Gasteiger charge is 2.28. The summed E-state index contributed by atoms with van der Waals surface area (Å²) in [7, 11) is 1.87. The van der Waals surface area contributed by atoms with Gasteiger partial charge in [0.05, 0.1) is 12.4 Å². The van der Waals surface area contributed by atoms with Crippen LogP contribution in [0.3, 0.4) is 0 Å². The minimum Gasteiger partial charge on any atom is -0.346 e. The Morgan fingerprint density at radius 3 is 2.70 bits per heavy atom. The van der Waals surface area contributed by atoms with Crippen molar-refractivity contribution in [3.8, 4) is 0 Å². The Labute approximate surface area is 175 Å². The van der Waals surface area contributed by atoms with Gasteiger partial charge in [-0.05, 0) is 49.4 Å². The number of anilines is 2. The highest BCUT2D eigenvalue weighted by molar-refractivity contribution is 6.02. The lowest BCUT2D eigenvalue weighted by molar-refractivity contribution is -0.117.